The molecule has 0 radical (unpaired) electrons. The number of rotatable bonds is 2. The summed E-state index contributed by atoms with van der Waals surface area (Å²) in [5.74, 6) is 0.0187. The lowest BCUT2D eigenvalue weighted by Gasteiger charge is -2.16. The molecule has 116 valence electrons. The van der Waals surface area contributed by atoms with Crippen molar-refractivity contribution in [3.05, 3.63) is 28.9 Å². The smallest absolute Gasteiger partial charge is 0.239 e. The molecule has 0 atom stereocenters. The first kappa shape index (κ1) is 15.1. The van der Waals surface area contributed by atoms with E-state index in [-0.39, 0.29) is 5.91 Å². The number of halogens is 1. The molecular formula is C15H17ClN4OS. The van der Waals surface area contributed by atoms with Gasteiger partial charge >= 0.3 is 0 Å². The van der Waals surface area contributed by atoms with Gasteiger partial charge in [-0.05, 0) is 36.6 Å². The molecule has 7 heteroatoms. The van der Waals surface area contributed by atoms with Crippen LogP contribution in [0.5, 0.6) is 0 Å². The summed E-state index contributed by atoms with van der Waals surface area (Å²) in [6.45, 7) is 3.81. The van der Waals surface area contributed by atoms with Gasteiger partial charge in [-0.15, -0.1) is 0 Å². The third-order valence-corrected chi connectivity index (χ3v) is 5.02. The van der Waals surface area contributed by atoms with Crippen molar-refractivity contribution >= 4 is 39.7 Å². The molecule has 22 heavy (non-hydrogen) atoms. The highest BCUT2D eigenvalue weighted by molar-refractivity contribution is 7.19. The molecule has 0 aliphatic carbocycles. The van der Waals surface area contributed by atoms with Crippen LogP contribution < -0.4 is 16.0 Å². The van der Waals surface area contributed by atoms with Crippen LogP contribution in [0.2, 0.25) is 5.15 Å². The van der Waals surface area contributed by atoms with Crippen LogP contribution in [0.3, 0.4) is 0 Å². The Morgan fingerprint density at radius 2 is 2.23 bits per heavy atom. The summed E-state index contributed by atoms with van der Waals surface area (Å²) in [4.78, 5) is 19.0. The highest BCUT2D eigenvalue weighted by Crippen LogP contribution is 2.38. The van der Waals surface area contributed by atoms with Crippen LogP contribution in [0.1, 0.15) is 12.0 Å². The monoisotopic (exact) mass is 336 g/mol. The first-order valence-corrected chi connectivity index (χ1v) is 8.28. The fraction of sp³-hybridized carbons (Fsp3) is 0.333. The quantitative estimate of drug-likeness (QED) is 0.827. The maximum absolute atomic E-state index is 11.7. The zero-order chi connectivity index (χ0) is 15.7. The number of aryl methyl sites for hydroxylation is 1. The van der Waals surface area contributed by atoms with Crippen LogP contribution in [-0.4, -0.2) is 30.5 Å². The summed E-state index contributed by atoms with van der Waals surface area (Å²) in [7, 11) is 0. The number of carbonyl (C=O) groups is 1. The van der Waals surface area contributed by atoms with E-state index in [9.17, 15) is 4.79 Å². The second-order valence-electron chi connectivity index (χ2n) is 5.37. The van der Waals surface area contributed by atoms with Gasteiger partial charge in [0, 0.05) is 18.8 Å². The SMILES string of the molecule is Cc1cc(N)cc(-c2sc(N3CCCNC(=O)C3)nc2Cl)c1. The van der Waals surface area contributed by atoms with Crippen molar-refractivity contribution in [2.75, 3.05) is 30.3 Å². The summed E-state index contributed by atoms with van der Waals surface area (Å²) in [6.07, 6.45) is 0.898. The van der Waals surface area contributed by atoms with Crippen molar-refractivity contribution in [2.24, 2.45) is 0 Å². The second-order valence-corrected chi connectivity index (χ2v) is 6.71. The summed E-state index contributed by atoms with van der Waals surface area (Å²) >= 11 is 7.81. The molecule has 1 aliphatic heterocycles. The number of hydrogen-bond acceptors (Lipinski definition) is 5. The van der Waals surface area contributed by atoms with E-state index >= 15 is 0 Å². The van der Waals surface area contributed by atoms with E-state index in [2.05, 4.69) is 10.3 Å². The van der Waals surface area contributed by atoms with E-state index in [4.69, 9.17) is 17.3 Å². The summed E-state index contributed by atoms with van der Waals surface area (Å²) in [6, 6.07) is 5.85. The maximum atomic E-state index is 11.7. The van der Waals surface area contributed by atoms with Gasteiger partial charge in [0.15, 0.2) is 5.13 Å². The molecule has 0 bridgehead atoms. The number of nitrogen functional groups attached to an aromatic ring is 1. The highest BCUT2D eigenvalue weighted by Gasteiger charge is 2.20. The number of benzene rings is 1. The Hall–Kier alpha value is -1.79. The Morgan fingerprint density at radius 3 is 3.00 bits per heavy atom. The van der Waals surface area contributed by atoms with E-state index in [0.29, 0.717) is 23.9 Å². The van der Waals surface area contributed by atoms with E-state index in [1.807, 2.05) is 30.0 Å². The van der Waals surface area contributed by atoms with Gasteiger partial charge in [-0.25, -0.2) is 4.98 Å². The van der Waals surface area contributed by atoms with Crippen molar-refractivity contribution in [1.82, 2.24) is 10.3 Å². The molecule has 2 aromatic rings. The molecule has 0 saturated carbocycles. The molecule has 1 aromatic carbocycles. The minimum atomic E-state index is 0.0187. The lowest BCUT2D eigenvalue weighted by Crippen LogP contribution is -2.32. The highest BCUT2D eigenvalue weighted by atomic mass is 35.5. The Kier molecular flexibility index (Phi) is 4.22. The second kappa shape index (κ2) is 6.14. The number of nitrogens with one attached hydrogen (secondary N) is 1. The molecule has 1 fully saturated rings. The molecule has 1 amide bonds. The number of thiazole rings is 1. The summed E-state index contributed by atoms with van der Waals surface area (Å²) < 4.78 is 0. The number of carbonyl (C=O) groups excluding carboxylic acids is 1. The fourth-order valence-corrected chi connectivity index (χ4v) is 3.84. The lowest BCUT2D eigenvalue weighted by atomic mass is 10.1. The predicted octanol–water partition coefficient (Wildman–Crippen LogP) is 2.68. The Balaban J connectivity index is 1.94. The minimum Gasteiger partial charge on any atom is -0.399 e. The van der Waals surface area contributed by atoms with Gasteiger partial charge in [-0.1, -0.05) is 29.0 Å². The molecule has 1 aliphatic rings. The topological polar surface area (TPSA) is 71.2 Å². The van der Waals surface area contributed by atoms with Gasteiger partial charge in [-0.3, -0.25) is 4.79 Å². The van der Waals surface area contributed by atoms with Gasteiger partial charge < -0.3 is 16.0 Å². The standard InChI is InChI=1S/C15H17ClN4OS/c1-9-5-10(7-11(17)6-9)13-14(16)19-15(22-13)20-4-2-3-18-12(21)8-20/h5-7H,2-4,8,17H2,1H3,(H,18,21). The Morgan fingerprint density at radius 1 is 1.41 bits per heavy atom. The van der Waals surface area contributed by atoms with E-state index in [0.717, 1.165) is 34.1 Å². The molecule has 0 unspecified atom stereocenters. The van der Waals surface area contributed by atoms with Gasteiger partial charge in [0.1, 0.15) is 5.15 Å². The minimum absolute atomic E-state index is 0.0187. The molecule has 0 spiro atoms. The number of hydrogen-bond donors (Lipinski definition) is 2. The van der Waals surface area contributed by atoms with E-state index in [1.165, 1.54) is 11.3 Å². The van der Waals surface area contributed by atoms with Gasteiger partial charge in [0.2, 0.25) is 5.91 Å². The third kappa shape index (κ3) is 3.18. The molecule has 5 nitrogen and oxygen atoms in total. The van der Waals surface area contributed by atoms with Gasteiger partial charge in [-0.2, -0.15) is 0 Å². The zero-order valence-electron chi connectivity index (χ0n) is 12.2. The van der Waals surface area contributed by atoms with Crippen LogP contribution in [0, 0.1) is 6.92 Å². The van der Waals surface area contributed by atoms with Crippen LogP contribution in [0.25, 0.3) is 10.4 Å². The summed E-state index contributed by atoms with van der Waals surface area (Å²) in [5, 5.41) is 4.09. The molecule has 1 aromatic heterocycles. The maximum Gasteiger partial charge on any atom is 0.239 e. The van der Waals surface area contributed by atoms with Crippen molar-refractivity contribution in [1.29, 1.82) is 0 Å². The van der Waals surface area contributed by atoms with Crippen molar-refractivity contribution < 1.29 is 4.79 Å². The molecular weight excluding hydrogens is 320 g/mol. The first-order chi connectivity index (χ1) is 10.5. The van der Waals surface area contributed by atoms with E-state index in [1.54, 1.807) is 0 Å². The predicted molar refractivity (Wildman–Crippen MR) is 91.5 cm³/mol. The Labute approximate surface area is 138 Å². The average Bonchev–Trinajstić information content (AvgIpc) is 2.69. The first-order valence-electron chi connectivity index (χ1n) is 7.08. The van der Waals surface area contributed by atoms with E-state index < -0.39 is 0 Å². The van der Waals surface area contributed by atoms with Gasteiger partial charge in [0.05, 0.1) is 11.4 Å². The number of aromatic nitrogens is 1. The third-order valence-electron chi connectivity index (χ3n) is 3.47. The molecule has 2 heterocycles. The fourth-order valence-electron chi connectivity index (χ4n) is 2.52. The van der Waals surface area contributed by atoms with Crippen molar-refractivity contribution in [3.8, 4) is 10.4 Å². The molecule has 1 saturated heterocycles. The van der Waals surface area contributed by atoms with Crippen molar-refractivity contribution in [2.45, 2.75) is 13.3 Å². The van der Waals surface area contributed by atoms with Crippen LogP contribution in [-0.2, 0) is 4.79 Å². The molecule has 3 rings (SSSR count). The summed E-state index contributed by atoms with van der Waals surface area (Å²) in [5.41, 5.74) is 8.66. The number of nitrogens with zero attached hydrogens (tertiary/aromatic N) is 2. The van der Waals surface area contributed by atoms with Crippen LogP contribution in [0.15, 0.2) is 18.2 Å². The number of nitrogens with two attached hydrogens (primary N) is 1. The van der Waals surface area contributed by atoms with Gasteiger partial charge in [0.25, 0.3) is 0 Å². The van der Waals surface area contributed by atoms with Crippen LogP contribution in [0.4, 0.5) is 10.8 Å². The lowest BCUT2D eigenvalue weighted by molar-refractivity contribution is -0.119. The molecule has 3 N–H and O–H groups in total. The Bertz CT molecular complexity index is 695. The van der Waals surface area contributed by atoms with Crippen molar-refractivity contribution in [3.63, 3.8) is 0 Å². The number of anilines is 2. The average molecular weight is 337 g/mol. The normalized spacial score (nSPS) is 15.5. The zero-order valence-corrected chi connectivity index (χ0v) is 13.8. The number of amides is 1. The largest absolute Gasteiger partial charge is 0.399 e. The van der Waals surface area contributed by atoms with Crippen LogP contribution >= 0.6 is 22.9 Å².